The summed E-state index contributed by atoms with van der Waals surface area (Å²) >= 11 is 3.52. The van der Waals surface area contributed by atoms with Crippen molar-refractivity contribution in [1.82, 2.24) is 5.32 Å². The van der Waals surface area contributed by atoms with Crippen molar-refractivity contribution in [2.45, 2.75) is 31.7 Å². The highest BCUT2D eigenvalue weighted by molar-refractivity contribution is 9.10. The molecule has 19 heavy (non-hydrogen) atoms. The average Bonchev–Trinajstić information content (AvgIpc) is 2.44. The van der Waals surface area contributed by atoms with Gasteiger partial charge in [-0.25, -0.2) is 0 Å². The summed E-state index contributed by atoms with van der Waals surface area (Å²) in [6.45, 7) is 1.05. The van der Waals surface area contributed by atoms with Crippen LogP contribution in [0.2, 0.25) is 0 Å². The minimum atomic E-state index is 0.247. The van der Waals surface area contributed by atoms with Crippen LogP contribution >= 0.6 is 15.9 Å². The molecule has 106 valence electrons. The first-order valence-electron chi connectivity index (χ1n) is 6.53. The number of rotatable bonds is 4. The van der Waals surface area contributed by atoms with Crippen molar-refractivity contribution >= 4 is 15.9 Å². The number of hydrogen-bond acceptors (Lipinski definition) is 4. The van der Waals surface area contributed by atoms with Crippen LogP contribution in [0.1, 0.15) is 24.8 Å². The summed E-state index contributed by atoms with van der Waals surface area (Å²) in [6, 6.07) is 2.02. The third-order valence-electron chi connectivity index (χ3n) is 3.55. The standard InChI is InChI=1S/C14H20BrNO3/c1-18-12-8-11(17)10(13(15)14(12)19-2)7-9-5-3-4-6-16-9/h8-9,16-17H,3-7H2,1-2H3. The zero-order valence-electron chi connectivity index (χ0n) is 11.3. The Kier molecular flexibility index (Phi) is 4.93. The van der Waals surface area contributed by atoms with E-state index in [1.165, 1.54) is 12.8 Å². The summed E-state index contributed by atoms with van der Waals surface area (Å²) in [5.41, 5.74) is 0.872. The van der Waals surface area contributed by atoms with Crippen molar-refractivity contribution in [3.8, 4) is 17.2 Å². The molecule has 0 aromatic heterocycles. The van der Waals surface area contributed by atoms with Gasteiger partial charge in [0.05, 0.1) is 18.7 Å². The molecule has 1 fully saturated rings. The van der Waals surface area contributed by atoms with E-state index < -0.39 is 0 Å². The monoisotopic (exact) mass is 329 g/mol. The van der Waals surface area contributed by atoms with Crippen LogP contribution in [0, 0.1) is 0 Å². The Hall–Kier alpha value is -0.940. The maximum atomic E-state index is 10.2. The molecule has 0 aliphatic carbocycles. The van der Waals surface area contributed by atoms with Crippen molar-refractivity contribution in [2.24, 2.45) is 0 Å². The van der Waals surface area contributed by atoms with Gasteiger partial charge in [-0.15, -0.1) is 0 Å². The van der Waals surface area contributed by atoms with Crippen LogP contribution in [0.4, 0.5) is 0 Å². The molecular weight excluding hydrogens is 310 g/mol. The Bertz CT molecular complexity index is 445. The SMILES string of the molecule is COc1cc(O)c(CC2CCCCN2)c(Br)c1OC. The lowest BCUT2D eigenvalue weighted by Crippen LogP contribution is -2.35. The van der Waals surface area contributed by atoms with E-state index in [9.17, 15) is 5.11 Å². The number of halogens is 1. The van der Waals surface area contributed by atoms with Gasteiger partial charge in [-0.2, -0.15) is 0 Å². The van der Waals surface area contributed by atoms with Gasteiger partial charge in [0.2, 0.25) is 0 Å². The summed E-state index contributed by atoms with van der Waals surface area (Å²) in [7, 11) is 3.16. The van der Waals surface area contributed by atoms with E-state index in [1.54, 1.807) is 20.3 Å². The number of piperidine rings is 1. The Morgan fingerprint density at radius 1 is 1.37 bits per heavy atom. The highest BCUT2D eigenvalue weighted by atomic mass is 79.9. The number of hydrogen-bond donors (Lipinski definition) is 2. The van der Waals surface area contributed by atoms with Crippen molar-refractivity contribution in [3.05, 3.63) is 16.1 Å². The number of benzene rings is 1. The van der Waals surface area contributed by atoms with Gasteiger partial charge in [-0.3, -0.25) is 0 Å². The van der Waals surface area contributed by atoms with Crippen molar-refractivity contribution in [2.75, 3.05) is 20.8 Å². The predicted octanol–water partition coefficient (Wildman–Crippen LogP) is 2.86. The largest absolute Gasteiger partial charge is 0.507 e. The Labute approximate surface area is 122 Å². The predicted molar refractivity (Wildman–Crippen MR) is 78.3 cm³/mol. The van der Waals surface area contributed by atoms with Gasteiger partial charge in [-0.1, -0.05) is 6.42 Å². The topological polar surface area (TPSA) is 50.7 Å². The van der Waals surface area contributed by atoms with Gasteiger partial charge in [-0.05, 0) is 41.7 Å². The number of ether oxygens (including phenoxy) is 2. The summed E-state index contributed by atoms with van der Waals surface area (Å²) in [5, 5.41) is 13.6. The third kappa shape index (κ3) is 3.15. The maximum absolute atomic E-state index is 10.2. The van der Waals surface area contributed by atoms with E-state index in [4.69, 9.17) is 9.47 Å². The molecule has 1 aliphatic rings. The molecule has 1 saturated heterocycles. The number of aromatic hydroxyl groups is 1. The van der Waals surface area contributed by atoms with Crippen LogP contribution in [-0.2, 0) is 6.42 Å². The van der Waals surface area contributed by atoms with Gasteiger partial charge >= 0.3 is 0 Å². The fourth-order valence-electron chi connectivity index (χ4n) is 2.52. The average molecular weight is 330 g/mol. The van der Waals surface area contributed by atoms with E-state index in [0.29, 0.717) is 17.5 Å². The first-order valence-corrected chi connectivity index (χ1v) is 7.32. The van der Waals surface area contributed by atoms with Gasteiger partial charge in [0.1, 0.15) is 5.75 Å². The van der Waals surface area contributed by atoms with E-state index in [0.717, 1.165) is 29.4 Å². The maximum Gasteiger partial charge on any atom is 0.175 e. The lowest BCUT2D eigenvalue weighted by atomic mass is 9.97. The number of methoxy groups -OCH3 is 2. The summed E-state index contributed by atoms with van der Waals surface area (Å²) in [4.78, 5) is 0. The highest BCUT2D eigenvalue weighted by Gasteiger charge is 2.21. The second-order valence-corrected chi connectivity index (χ2v) is 5.57. The number of phenols is 1. The molecule has 0 radical (unpaired) electrons. The fraction of sp³-hybridized carbons (Fsp3) is 0.571. The molecule has 1 unspecified atom stereocenters. The smallest absolute Gasteiger partial charge is 0.175 e. The minimum absolute atomic E-state index is 0.247. The van der Waals surface area contributed by atoms with Gasteiger partial charge in [0.15, 0.2) is 11.5 Å². The Morgan fingerprint density at radius 2 is 2.16 bits per heavy atom. The second kappa shape index (κ2) is 6.48. The van der Waals surface area contributed by atoms with Crippen LogP contribution in [0.15, 0.2) is 10.5 Å². The molecule has 1 aromatic rings. The van der Waals surface area contributed by atoms with Crippen LogP contribution in [0.5, 0.6) is 17.2 Å². The lowest BCUT2D eigenvalue weighted by molar-refractivity contribution is 0.346. The van der Waals surface area contributed by atoms with Crippen molar-refractivity contribution in [1.29, 1.82) is 0 Å². The molecule has 0 bridgehead atoms. The van der Waals surface area contributed by atoms with Crippen LogP contribution < -0.4 is 14.8 Å². The van der Waals surface area contributed by atoms with Crippen molar-refractivity contribution in [3.63, 3.8) is 0 Å². The number of nitrogens with one attached hydrogen (secondary N) is 1. The Morgan fingerprint density at radius 3 is 2.74 bits per heavy atom. The lowest BCUT2D eigenvalue weighted by Gasteiger charge is -2.25. The molecule has 1 aliphatic heterocycles. The van der Waals surface area contributed by atoms with Crippen LogP contribution in [0.25, 0.3) is 0 Å². The minimum Gasteiger partial charge on any atom is -0.507 e. The molecular formula is C14H20BrNO3. The fourth-order valence-corrected chi connectivity index (χ4v) is 3.24. The van der Waals surface area contributed by atoms with Crippen LogP contribution in [0.3, 0.4) is 0 Å². The summed E-state index contributed by atoms with van der Waals surface area (Å²) in [6.07, 6.45) is 4.39. The van der Waals surface area contributed by atoms with E-state index in [2.05, 4.69) is 21.2 Å². The molecule has 2 N–H and O–H groups in total. The molecule has 0 spiro atoms. The zero-order valence-corrected chi connectivity index (χ0v) is 12.9. The molecule has 0 saturated carbocycles. The first-order chi connectivity index (χ1) is 9.17. The van der Waals surface area contributed by atoms with E-state index in [1.807, 2.05) is 0 Å². The van der Waals surface area contributed by atoms with E-state index in [-0.39, 0.29) is 5.75 Å². The Balaban J connectivity index is 2.28. The normalized spacial score (nSPS) is 19.2. The molecule has 4 nitrogen and oxygen atoms in total. The quantitative estimate of drug-likeness (QED) is 0.891. The van der Waals surface area contributed by atoms with E-state index >= 15 is 0 Å². The highest BCUT2D eigenvalue weighted by Crippen LogP contribution is 2.43. The summed E-state index contributed by atoms with van der Waals surface area (Å²) in [5.74, 6) is 1.41. The molecule has 0 amide bonds. The molecule has 1 aromatic carbocycles. The van der Waals surface area contributed by atoms with Gasteiger partial charge in [0.25, 0.3) is 0 Å². The van der Waals surface area contributed by atoms with Crippen LogP contribution in [-0.4, -0.2) is 31.9 Å². The molecule has 5 heteroatoms. The van der Waals surface area contributed by atoms with Crippen molar-refractivity contribution < 1.29 is 14.6 Å². The molecule has 1 heterocycles. The summed E-state index contributed by atoms with van der Waals surface area (Å²) < 4.78 is 11.3. The third-order valence-corrected chi connectivity index (χ3v) is 4.39. The second-order valence-electron chi connectivity index (χ2n) is 4.77. The molecule has 1 atom stereocenters. The van der Waals surface area contributed by atoms with Gasteiger partial charge < -0.3 is 19.9 Å². The zero-order chi connectivity index (χ0) is 13.8. The number of phenolic OH excluding ortho intramolecular Hbond substituents is 1. The molecule has 2 rings (SSSR count). The first kappa shape index (κ1) is 14.5. The van der Waals surface area contributed by atoms with Gasteiger partial charge in [0, 0.05) is 17.7 Å².